The lowest BCUT2D eigenvalue weighted by Crippen LogP contribution is -2.11. The Labute approximate surface area is 83.3 Å². The maximum Gasteiger partial charge on any atom is 0.150 e. The Hall–Kier alpha value is -1.48. The van der Waals surface area contributed by atoms with E-state index in [0.29, 0.717) is 23.7 Å². The van der Waals surface area contributed by atoms with E-state index in [-0.39, 0.29) is 0 Å². The lowest BCUT2D eigenvalue weighted by molar-refractivity contribution is 0.109. The van der Waals surface area contributed by atoms with E-state index in [0.717, 1.165) is 12.1 Å². The minimum absolute atomic E-state index is 0.447. The van der Waals surface area contributed by atoms with Gasteiger partial charge in [-0.1, -0.05) is 12.1 Å². The molecule has 0 atom stereocenters. The monoisotopic (exact) mass is 191 g/mol. The van der Waals surface area contributed by atoms with Crippen molar-refractivity contribution in [1.29, 1.82) is 0 Å². The van der Waals surface area contributed by atoms with Gasteiger partial charge in [-0.2, -0.15) is 0 Å². The van der Waals surface area contributed by atoms with E-state index in [1.165, 1.54) is 0 Å². The van der Waals surface area contributed by atoms with E-state index in [1.54, 1.807) is 12.1 Å². The minimum atomic E-state index is 0.447. The van der Waals surface area contributed by atoms with Crippen LogP contribution in [0.3, 0.4) is 0 Å². The Morgan fingerprint density at radius 1 is 1.14 bits per heavy atom. The standard InChI is InChI=1S/C11H13NO2/c1-12(2)6-9-3-4-10(7-13)11(5-9)8-14/h3-5,7-8H,6H2,1-2H3. The molecule has 0 N–H and O–H groups in total. The third-order valence-electron chi connectivity index (χ3n) is 1.90. The molecular weight excluding hydrogens is 178 g/mol. The van der Waals surface area contributed by atoms with Crippen LogP contribution in [0.1, 0.15) is 26.3 Å². The Morgan fingerprint density at radius 2 is 1.79 bits per heavy atom. The summed E-state index contributed by atoms with van der Waals surface area (Å²) in [6.45, 7) is 0.764. The first-order valence-corrected chi connectivity index (χ1v) is 4.35. The van der Waals surface area contributed by atoms with Crippen LogP contribution < -0.4 is 0 Å². The van der Waals surface area contributed by atoms with E-state index in [2.05, 4.69) is 0 Å². The number of nitrogens with zero attached hydrogens (tertiary/aromatic N) is 1. The lowest BCUT2D eigenvalue weighted by Gasteiger charge is -2.10. The summed E-state index contributed by atoms with van der Waals surface area (Å²) in [5.41, 5.74) is 1.93. The summed E-state index contributed by atoms with van der Waals surface area (Å²) in [4.78, 5) is 23.2. The summed E-state index contributed by atoms with van der Waals surface area (Å²) < 4.78 is 0. The molecule has 0 unspecified atom stereocenters. The molecule has 0 fully saturated rings. The second-order valence-electron chi connectivity index (χ2n) is 3.44. The topological polar surface area (TPSA) is 37.4 Å². The summed E-state index contributed by atoms with van der Waals surface area (Å²) in [6, 6.07) is 5.28. The molecule has 0 radical (unpaired) electrons. The van der Waals surface area contributed by atoms with Crippen molar-refractivity contribution in [3.63, 3.8) is 0 Å². The Bertz CT molecular complexity index is 345. The molecule has 0 aliphatic carbocycles. The van der Waals surface area contributed by atoms with Crippen LogP contribution in [0.2, 0.25) is 0 Å². The number of benzene rings is 1. The van der Waals surface area contributed by atoms with Crippen molar-refractivity contribution in [2.24, 2.45) is 0 Å². The maximum atomic E-state index is 10.7. The van der Waals surface area contributed by atoms with Gasteiger partial charge in [-0.05, 0) is 25.7 Å². The number of rotatable bonds is 4. The van der Waals surface area contributed by atoms with Gasteiger partial charge < -0.3 is 4.90 Å². The Balaban J connectivity index is 3.01. The van der Waals surface area contributed by atoms with E-state index in [4.69, 9.17) is 0 Å². The molecule has 0 amide bonds. The van der Waals surface area contributed by atoms with Crippen LogP contribution in [0, 0.1) is 0 Å². The van der Waals surface area contributed by atoms with Gasteiger partial charge in [-0.25, -0.2) is 0 Å². The fourth-order valence-electron chi connectivity index (χ4n) is 1.30. The zero-order valence-corrected chi connectivity index (χ0v) is 8.36. The predicted molar refractivity (Wildman–Crippen MR) is 54.6 cm³/mol. The van der Waals surface area contributed by atoms with Crippen LogP contribution in [0.25, 0.3) is 0 Å². The molecule has 0 saturated carbocycles. The quantitative estimate of drug-likeness (QED) is 0.674. The highest BCUT2D eigenvalue weighted by molar-refractivity contribution is 5.90. The summed E-state index contributed by atoms with van der Waals surface area (Å²) in [7, 11) is 3.91. The van der Waals surface area contributed by atoms with Crippen LogP contribution in [-0.4, -0.2) is 31.6 Å². The molecule has 0 bridgehead atoms. The van der Waals surface area contributed by atoms with E-state index in [1.807, 2.05) is 25.1 Å². The predicted octanol–water partition coefficient (Wildman–Crippen LogP) is 1.37. The van der Waals surface area contributed by atoms with Crippen molar-refractivity contribution in [1.82, 2.24) is 4.90 Å². The smallest absolute Gasteiger partial charge is 0.150 e. The van der Waals surface area contributed by atoms with Crippen molar-refractivity contribution in [2.45, 2.75) is 6.54 Å². The fourth-order valence-corrected chi connectivity index (χ4v) is 1.30. The molecular formula is C11H13NO2. The van der Waals surface area contributed by atoms with E-state index >= 15 is 0 Å². The summed E-state index contributed by atoms with van der Waals surface area (Å²) >= 11 is 0. The highest BCUT2D eigenvalue weighted by Gasteiger charge is 2.02. The average Bonchev–Trinajstić information content (AvgIpc) is 2.16. The number of hydrogen-bond donors (Lipinski definition) is 0. The maximum absolute atomic E-state index is 10.7. The third-order valence-corrected chi connectivity index (χ3v) is 1.90. The van der Waals surface area contributed by atoms with Crippen molar-refractivity contribution < 1.29 is 9.59 Å². The number of carbonyl (C=O) groups is 2. The van der Waals surface area contributed by atoms with Gasteiger partial charge in [0.15, 0.2) is 12.6 Å². The molecule has 0 saturated heterocycles. The molecule has 0 aliphatic rings. The van der Waals surface area contributed by atoms with Gasteiger partial charge in [-0.15, -0.1) is 0 Å². The summed E-state index contributed by atoms with van der Waals surface area (Å²) in [6.07, 6.45) is 1.41. The first-order chi connectivity index (χ1) is 6.67. The largest absolute Gasteiger partial charge is 0.305 e. The Morgan fingerprint density at radius 3 is 2.29 bits per heavy atom. The van der Waals surface area contributed by atoms with E-state index < -0.39 is 0 Å². The summed E-state index contributed by atoms with van der Waals surface area (Å²) in [5.74, 6) is 0. The molecule has 0 aliphatic heterocycles. The second-order valence-corrected chi connectivity index (χ2v) is 3.44. The second kappa shape index (κ2) is 4.67. The van der Waals surface area contributed by atoms with Crippen LogP contribution in [0.4, 0.5) is 0 Å². The molecule has 0 aromatic heterocycles. The van der Waals surface area contributed by atoms with Gasteiger partial charge in [-0.3, -0.25) is 9.59 Å². The van der Waals surface area contributed by atoms with Crippen LogP contribution in [0.5, 0.6) is 0 Å². The van der Waals surface area contributed by atoms with Crippen molar-refractivity contribution in [3.05, 3.63) is 34.9 Å². The molecule has 1 rings (SSSR count). The first kappa shape index (κ1) is 10.6. The minimum Gasteiger partial charge on any atom is -0.305 e. The van der Waals surface area contributed by atoms with Gasteiger partial charge in [0, 0.05) is 17.7 Å². The van der Waals surface area contributed by atoms with Gasteiger partial charge in [0.25, 0.3) is 0 Å². The van der Waals surface area contributed by atoms with Crippen molar-refractivity contribution in [3.8, 4) is 0 Å². The van der Waals surface area contributed by atoms with Gasteiger partial charge in [0.2, 0.25) is 0 Å². The van der Waals surface area contributed by atoms with Crippen molar-refractivity contribution in [2.75, 3.05) is 14.1 Å². The van der Waals surface area contributed by atoms with Crippen LogP contribution >= 0.6 is 0 Å². The zero-order valence-electron chi connectivity index (χ0n) is 8.36. The van der Waals surface area contributed by atoms with Gasteiger partial charge in [0.1, 0.15) is 0 Å². The molecule has 74 valence electrons. The van der Waals surface area contributed by atoms with E-state index in [9.17, 15) is 9.59 Å². The molecule has 0 spiro atoms. The number of hydrogen-bond acceptors (Lipinski definition) is 3. The van der Waals surface area contributed by atoms with Gasteiger partial charge >= 0.3 is 0 Å². The fraction of sp³-hybridized carbons (Fsp3) is 0.273. The third kappa shape index (κ3) is 2.50. The molecule has 3 heteroatoms. The highest BCUT2D eigenvalue weighted by atomic mass is 16.1. The highest BCUT2D eigenvalue weighted by Crippen LogP contribution is 2.09. The van der Waals surface area contributed by atoms with Crippen molar-refractivity contribution >= 4 is 12.6 Å². The lowest BCUT2D eigenvalue weighted by atomic mass is 10.1. The average molecular weight is 191 g/mol. The normalized spacial score (nSPS) is 10.2. The van der Waals surface area contributed by atoms with Gasteiger partial charge in [0.05, 0.1) is 0 Å². The van der Waals surface area contributed by atoms with Crippen LogP contribution in [-0.2, 0) is 6.54 Å². The molecule has 1 aromatic carbocycles. The molecule has 0 heterocycles. The summed E-state index contributed by atoms with van der Waals surface area (Å²) in [5, 5.41) is 0. The molecule has 1 aromatic rings. The number of carbonyl (C=O) groups excluding carboxylic acids is 2. The first-order valence-electron chi connectivity index (χ1n) is 4.35. The van der Waals surface area contributed by atoms with Crippen LogP contribution in [0.15, 0.2) is 18.2 Å². The number of aldehydes is 2. The molecule has 14 heavy (non-hydrogen) atoms. The Kier molecular flexibility index (Phi) is 3.54. The zero-order chi connectivity index (χ0) is 10.6. The SMILES string of the molecule is CN(C)Cc1ccc(C=O)c(C=O)c1. The molecule has 3 nitrogen and oxygen atoms in total.